The molecule has 1 aliphatic heterocycles. The molecule has 1 atom stereocenters. The lowest BCUT2D eigenvalue weighted by Gasteiger charge is -2.25. The van der Waals surface area contributed by atoms with Gasteiger partial charge in [0.1, 0.15) is 0 Å². The molecular weight excluding hydrogens is 350 g/mol. The van der Waals surface area contributed by atoms with Crippen LogP contribution in [-0.4, -0.2) is 37.1 Å². The van der Waals surface area contributed by atoms with E-state index in [4.69, 9.17) is 4.98 Å². The summed E-state index contributed by atoms with van der Waals surface area (Å²) in [6, 6.07) is 6.38. The molecule has 0 unspecified atom stereocenters. The number of fused-ring (bicyclic) bond motifs is 1. The van der Waals surface area contributed by atoms with Crippen LogP contribution in [0.3, 0.4) is 0 Å². The Labute approximate surface area is 164 Å². The van der Waals surface area contributed by atoms with Gasteiger partial charge in [-0.1, -0.05) is 0 Å². The summed E-state index contributed by atoms with van der Waals surface area (Å²) < 4.78 is 1.93. The molecule has 1 saturated carbocycles. The number of aromatic nitrogens is 4. The highest BCUT2D eigenvalue weighted by Crippen LogP contribution is 2.41. The maximum absolute atomic E-state index is 13.7. The number of likely N-dealkylation sites (tertiary alicyclic amines) is 1. The highest BCUT2D eigenvalue weighted by molar-refractivity contribution is 6.05. The lowest BCUT2D eigenvalue weighted by molar-refractivity contribution is 0.0737. The van der Waals surface area contributed by atoms with Crippen molar-refractivity contribution in [1.29, 1.82) is 0 Å². The molecular formula is C22H25N5O. The zero-order valence-electron chi connectivity index (χ0n) is 16.4. The highest BCUT2D eigenvalue weighted by atomic mass is 16.2. The molecule has 3 aromatic rings. The van der Waals surface area contributed by atoms with E-state index in [1.165, 1.54) is 0 Å². The molecule has 1 saturated heterocycles. The van der Waals surface area contributed by atoms with Crippen LogP contribution < -0.4 is 0 Å². The van der Waals surface area contributed by atoms with Crippen LogP contribution in [0.25, 0.3) is 11.0 Å². The second kappa shape index (κ2) is 6.69. The minimum atomic E-state index is 0.0944. The number of nitrogens with zero attached hydrogens (tertiary/aromatic N) is 5. The summed E-state index contributed by atoms with van der Waals surface area (Å²) in [5, 5.41) is 5.40. The van der Waals surface area contributed by atoms with Crippen molar-refractivity contribution in [3.05, 3.63) is 53.6 Å². The molecule has 0 bridgehead atoms. The van der Waals surface area contributed by atoms with E-state index in [1.54, 1.807) is 12.4 Å². The summed E-state index contributed by atoms with van der Waals surface area (Å²) >= 11 is 0. The van der Waals surface area contributed by atoms with Crippen molar-refractivity contribution in [2.75, 3.05) is 6.54 Å². The fourth-order valence-corrected chi connectivity index (χ4v) is 4.28. The Bertz CT molecular complexity index is 1020. The lowest BCUT2D eigenvalue weighted by Crippen LogP contribution is -2.31. The van der Waals surface area contributed by atoms with Gasteiger partial charge in [-0.05, 0) is 63.3 Å². The molecule has 2 aliphatic rings. The topological polar surface area (TPSA) is 63.9 Å². The van der Waals surface area contributed by atoms with Crippen LogP contribution in [0.1, 0.15) is 79.1 Å². The highest BCUT2D eigenvalue weighted by Gasteiger charge is 2.34. The largest absolute Gasteiger partial charge is 0.332 e. The Hall–Kier alpha value is -2.76. The van der Waals surface area contributed by atoms with E-state index in [1.807, 2.05) is 34.0 Å². The fraction of sp³-hybridized carbons (Fsp3) is 0.455. The number of carbonyl (C=O) groups excluding carboxylic acids is 1. The zero-order valence-corrected chi connectivity index (χ0v) is 16.4. The summed E-state index contributed by atoms with van der Waals surface area (Å²) in [7, 11) is 0. The molecule has 3 aromatic heterocycles. The summed E-state index contributed by atoms with van der Waals surface area (Å²) in [5.41, 5.74) is 3.78. The average Bonchev–Trinajstić information content (AvgIpc) is 3.28. The van der Waals surface area contributed by atoms with Gasteiger partial charge in [-0.25, -0.2) is 9.67 Å². The number of carbonyl (C=O) groups is 1. The molecule has 4 heterocycles. The quantitative estimate of drug-likeness (QED) is 0.683. The third-order valence-corrected chi connectivity index (χ3v) is 5.91. The Kier molecular flexibility index (Phi) is 4.14. The number of pyridine rings is 2. The van der Waals surface area contributed by atoms with Crippen LogP contribution in [0, 0.1) is 0 Å². The molecule has 2 fully saturated rings. The van der Waals surface area contributed by atoms with Crippen molar-refractivity contribution in [1.82, 2.24) is 24.6 Å². The Morgan fingerprint density at radius 2 is 1.96 bits per heavy atom. The molecule has 28 heavy (non-hydrogen) atoms. The van der Waals surface area contributed by atoms with Crippen molar-refractivity contribution < 1.29 is 4.79 Å². The van der Waals surface area contributed by atoms with Crippen LogP contribution in [0.5, 0.6) is 0 Å². The lowest BCUT2D eigenvalue weighted by atomic mass is 10.0. The van der Waals surface area contributed by atoms with Gasteiger partial charge in [0.15, 0.2) is 5.65 Å². The molecule has 6 heteroatoms. The summed E-state index contributed by atoms with van der Waals surface area (Å²) in [5.74, 6) is 0.581. The smallest absolute Gasteiger partial charge is 0.255 e. The molecule has 0 aromatic carbocycles. The Morgan fingerprint density at radius 1 is 1.18 bits per heavy atom. The minimum Gasteiger partial charge on any atom is -0.332 e. The van der Waals surface area contributed by atoms with Gasteiger partial charge in [-0.15, -0.1) is 0 Å². The van der Waals surface area contributed by atoms with Gasteiger partial charge >= 0.3 is 0 Å². The normalized spacial score (nSPS) is 19.7. The van der Waals surface area contributed by atoms with Crippen molar-refractivity contribution in [3.63, 3.8) is 0 Å². The van der Waals surface area contributed by atoms with Crippen LogP contribution in [0.2, 0.25) is 0 Å². The number of rotatable bonds is 4. The average molecular weight is 375 g/mol. The van der Waals surface area contributed by atoms with Gasteiger partial charge in [-0.2, -0.15) is 5.10 Å². The maximum atomic E-state index is 13.7. The van der Waals surface area contributed by atoms with E-state index < -0.39 is 0 Å². The molecule has 0 N–H and O–H groups in total. The van der Waals surface area contributed by atoms with Crippen LogP contribution in [-0.2, 0) is 0 Å². The van der Waals surface area contributed by atoms with E-state index in [-0.39, 0.29) is 18.0 Å². The molecule has 1 aliphatic carbocycles. The van der Waals surface area contributed by atoms with E-state index in [0.29, 0.717) is 5.92 Å². The molecule has 144 valence electrons. The monoisotopic (exact) mass is 375 g/mol. The van der Waals surface area contributed by atoms with Crippen molar-refractivity contribution in [2.45, 2.75) is 57.5 Å². The van der Waals surface area contributed by atoms with Gasteiger partial charge in [0.25, 0.3) is 5.91 Å². The number of hydrogen-bond donors (Lipinski definition) is 0. The van der Waals surface area contributed by atoms with Gasteiger partial charge in [-0.3, -0.25) is 9.78 Å². The SMILES string of the molecule is CC(C)n1ncc2c(C(=O)N3CCC[C@@H]3c3ccncc3)cc(C3CC3)nc21. The molecule has 0 spiro atoms. The minimum absolute atomic E-state index is 0.0944. The number of amides is 1. The maximum Gasteiger partial charge on any atom is 0.255 e. The first kappa shape index (κ1) is 17.3. The van der Waals surface area contributed by atoms with Crippen molar-refractivity contribution in [2.24, 2.45) is 0 Å². The second-order valence-corrected chi connectivity index (χ2v) is 8.23. The summed E-state index contributed by atoms with van der Waals surface area (Å²) in [4.78, 5) is 24.7. The van der Waals surface area contributed by atoms with Gasteiger partial charge in [0, 0.05) is 36.6 Å². The summed E-state index contributed by atoms with van der Waals surface area (Å²) in [6.45, 7) is 4.98. The van der Waals surface area contributed by atoms with E-state index in [0.717, 1.165) is 60.1 Å². The Morgan fingerprint density at radius 3 is 2.68 bits per heavy atom. The third kappa shape index (κ3) is 2.87. The van der Waals surface area contributed by atoms with Crippen molar-refractivity contribution in [3.8, 4) is 0 Å². The predicted molar refractivity (Wildman–Crippen MR) is 107 cm³/mol. The number of hydrogen-bond acceptors (Lipinski definition) is 4. The molecule has 1 amide bonds. The van der Waals surface area contributed by atoms with E-state index in [2.05, 4.69) is 23.9 Å². The van der Waals surface area contributed by atoms with Crippen LogP contribution in [0.4, 0.5) is 0 Å². The zero-order chi connectivity index (χ0) is 19.3. The summed E-state index contributed by atoms with van der Waals surface area (Å²) in [6.07, 6.45) is 9.75. The van der Waals surface area contributed by atoms with E-state index in [9.17, 15) is 4.79 Å². The van der Waals surface area contributed by atoms with Crippen LogP contribution >= 0.6 is 0 Å². The third-order valence-electron chi connectivity index (χ3n) is 5.91. The first-order chi connectivity index (χ1) is 13.6. The fourth-order valence-electron chi connectivity index (χ4n) is 4.28. The van der Waals surface area contributed by atoms with Crippen molar-refractivity contribution >= 4 is 16.9 Å². The second-order valence-electron chi connectivity index (χ2n) is 8.23. The van der Waals surface area contributed by atoms with Gasteiger partial charge in [0.2, 0.25) is 0 Å². The first-order valence-electron chi connectivity index (χ1n) is 10.2. The molecule has 0 radical (unpaired) electrons. The van der Waals surface area contributed by atoms with Crippen LogP contribution in [0.15, 0.2) is 36.8 Å². The predicted octanol–water partition coefficient (Wildman–Crippen LogP) is 4.26. The first-order valence-corrected chi connectivity index (χ1v) is 10.2. The van der Waals surface area contributed by atoms with E-state index >= 15 is 0 Å². The molecule has 6 nitrogen and oxygen atoms in total. The standard InChI is InChI=1S/C22H25N5O/c1-14(2)27-21-18(13-24-27)17(12-19(25-21)15-5-6-15)22(28)26-11-3-4-20(26)16-7-9-23-10-8-16/h7-10,12-15,20H,3-6,11H2,1-2H3/t20-/m1/s1. The van der Waals surface area contributed by atoms with Gasteiger partial charge < -0.3 is 4.90 Å². The Balaban J connectivity index is 1.59. The molecule has 5 rings (SSSR count). The van der Waals surface area contributed by atoms with Gasteiger partial charge in [0.05, 0.1) is 23.2 Å².